The Balaban J connectivity index is 1.38. The molecule has 11 nitrogen and oxygen atoms in total. The van der Waals surface area contributed by atoms with Crippen molar-refractivity contribution in [3.63, 3.8) is 0 Å². The van der Waals surface area contributed by atoms with Crippen LogP contribution in [0.2, 0.25) is 0 Å². The minimum atomic E-state index is -1.27. The van der Waals surface area contributed by atoms with Gasteiger partial charge in [-0.25, -0.2) is 4.79 Å². The molecule has 7 N–H and O–H groups in total. The SMILES string of the molecule is N[C@@H](Cc1ccccc1)C(=O)N[C@@H](Cc1ccccc1)C(=O)N[C@@H](Cc1ccccc1)C(=O)N[C@@H](Cc1ccccc1)C(=O)N[C@@H](Cc1ccccc1)C(=O)O. The Hall–Kier alpha value is -6.59. The fourth-order valence-electron chi connectivity index (χ4n) is 6.28. The first-order chi connectivity index (χ1) is 27.1. The fraction of sp³-hybridized carbons (Fsp3) is 0.222. The Kier molecular flexibility index (Phi) is 15.0. The van der Waals surface area contributed by atoms with Crippen molar-refractivity contribution in [2.24, 2.45) is 5.73 Å². The van der Waals surface area contributed by atoms with Crippen LogP contribution >= 0.6 is 0 Å². The van der Waals surface area contributed by atoms with Gasteiger partial charge in [-0.15, -0.1) is 0 Å². The second-order valence-corrected chi connectivity index (χ2v) is 13.6. The number of carboxylic acids is 1. The molecule has 5 atom stereocenters. The summed E-state index contributed by atoms with van der Waals surface area (Å²) in [4.78, 5) is 68.1. The van der Waals surface area contributed by atoms with E-state index in [-0.39, 0.29) is 32.1 Å². The zero-order chi connectivity index (χ0) is 39.7. The third-order valence-corrected chi connectivity index (χ3v) is 9.28. The molecule has 56 heavy (non-hydrogen) atoms. The normalized spacial score (nSPS) is 13.5. The lowest BCUT2D eigenvalue weighted by molar-refractivity contribution is -0.142. The van der Waals surface area contributed by atoms with E-state index < -0.39 is 59.8 Å². The van der Waals surface area contributed by atoms with Gasteiger partial charge < -0.3 is 32.1 Å². The van der Waals surface area contributed by atoms with E-state index in [1.807, 2.05) is 103 Å². The Morgan fingerprint density at radius 1 is 0.375 bits per heavy atom. The third-order valence-electron chi connectivity index (χ3n) is 9.28. The maximum absolute atomic E-state index is 14.3. The molecule has 0 heterocycles. The van der Waals surface area contributed by atoms with Crippen molar-refractivity contribution in [3.8, 4) is 0 Å². The van der Waals surface area contributed by atoms with Crippen molar-refractivity contribution in [2.75, 3.05) is 0 Å². The zero-order valence-corrected chi connectivity index (χ0v) is 30.9. The van der Waals surface area contributed by atoms with Gasteiger partial charge in [0.1, 0.15) is 24.2 Å². The highest BCUT2D eigenvalue weighted by atomic mass is 16.4. The molecule has 5 rings (SSSR count). The molecule has 5 aromatic carbocycles. The van der Waals surface area contributed by atoms with Gasteiger partial charge in [0.25, 0.3) is 0 Å². The highest BCUT2D eigenvalue weighted by Crippen LogP contribution is 2.11. The van der Waals surface area contributed by atoms with E-state index in [9.17, 15) is 29.1 Å². The van der Waals surface area contributed by atoms with Crippen LogP contribution in [0.4, 0.5) is 0 Å². The topological polar surface area (TPSA) is 180 Å². The number of aliphatic carboxylic acids is 1. The molecule has 0 aromatic heterocycles. The maximum atomic E-state index is 14.3. The van der Waals surface area contributed by atoms with E-state index in [1.54, 1.807) is 48.5 Å². The Morgan fingerprint density at radius 3 is 0.893 bits per heavy atom. The van der Waals surface area contributed by atoms with E-state index in [0.29, 0.717) is 5.56 Å². The van der Waals surface area contributed by atoms with Gasteiger partial charge in [-0.2, -0.15) is 0 Å². The average molecular weight is 754 g/mol. The van der Waals surface area contributed by atoms with Crippen LogP contribution in [0.15, 0.2) is 152 Å². The molecule has 0 radical (unpaired) electrons. The lowest BCUT2D eigenvalue weighted by atomic mass is 10.00. The van der Waals surface area contributed by atoms with Gasteiger partial charge in [0.15, 0.2) is 0 Å². The molecule has 0 aliphatic carbocycles. The molecule has 0 saturated heterocycles. The number of carbonyl (C=O) groups excluding carboxylic acids is 4. The van der Waals surface area contributed by atoms with Crippen LogP contribution in [0.1, 0.15) is 27.8 Å². The number of hydrogen-bond acceptors (Lipinski definition) is 6. The molecule has 0 spiro atoms. The third kappa shape index (κ3) is 12.8. The maximum Gasteiger partial charge on any atom is 0.326 e. The van der Waals surface area contributed by atoms with Crippen molar-refractivity contribution < 1.29 is 29.1 Å². The van der Waals surface area contributed by atoms with Crippen LogP contribution in [-0.2, 0) is 56.1 Å². The van der Waals surface area contributed by atoms with Crippen molar-refractivity contribution in [3.05, 3.63) is 179 Å². The summed E-state index contributed by atoms with van der Waals surface area (Å²) in [5, 5.41) is 21.1. The number of nitrogens with one attached hydrogen (secondary N) is 4. The predicted molar refractivity (Wildman–Crippen MR) is 214 cm³/mol. The van der Waals surface area contributed by atoms with Crippen molar-refractivity contribution in [1.29, 1.82) is 0 Å². The van der Waals surface area contributed by atoms with Gasteiger partial charge in [0.2, 0.25) is 23.6 Å². The molecule has 0 aliphatic rings. The van der Waals surface area contributed by atoms with E-state index >= 15 is 0 Å². The van der Waals surface area contributed by atoms with Gasteiger partial charge in [0, 0.05) is 25.7 Å². The first-order valence-electron chi connectivity index (χ1n) is 18.5. The first kappa shape index (κ1) is 40.6. The van der Waals surface area contributed by atoms with Crippen molar-refractivity contribution in [2.45, 2.75) is 62.3 Å². The molecular formula is C45H47N5O6. The molecule has 0 bridgehead atoms. The van der Waals surface area contributed by atoms with Crippen LogP contribution in [0, 0.1) is 0 Å². The molecular weight excluding hydrogens is 707 g/mol. The summed E-state index contributed by atoms with van der Waals surface area (Å²) in [7, 11) is 0. The van der Waals surface area contributed by atoms with Gasteiger partial charge in [-0.05, 0) is 34.2 Å². The summed E-state index contributed by atoms with van der Waals surface area (Å²) in [6.45, 7) is 0. The number of rotatable bonds is 19. The Morgan fingerprint density at radius 2 is 0.607 bits per heavy atom. The lowest BCUT2D eigenvalue weighted by Crippen LogP contribution is -2.59. The van der Waals surface area contributed by atoms with Crippen LogP contribution in [0.5, 0.6) is 0 Å². The van der Waals surface area contributed by atoms with Gasteiger partial charge >= 0.3 is 5.97 Å². The second kappa shape index (κ2) is 20.8. The molecule has 4 amide bonds. The second-order valence-electron chi connectivity index (χ2n) is 13.6. The molecule has 0 saturated carbocycles. The fourth-order valence-corrected chi connectivity index (χ4v) is 6.28. The van der Waals surface area contributed by atoms with E-state index in [4.69, 9.17) is 5.73 Å². The molecule has 11 heteroatoms. The van der Waals surface area contributed by atoms with Crippen LogP contribution < -0.4 is 27.0 Å². The minimum absolute atomic E-state index is 0.0319. The molecule has 0 aliphatic heterocycles. The monoisotopic (exact) mass is 753 g/mol. The van der Waals surface area contributed by atoms with E-state index in [1.165, 1.54) is 0 Å². The number of amides is 4. The summed E-state index contributed by atoms with van der Waals surface area (Å²) in [6.07, 6.45) is 0.513. The van der Waals surface area contributed by atoms with Crippen LogP contribution in [-0.4, -0.2) is 64.9 Å². The summed E-state index contributed by atoms with van der Waals surface area (Å²) < 4.78 is 0. The number of carbonyl (C=O) groups is 5. The quantitative estimate of drug-likeness (QED) is 0.0747. The number of hydrogen-bond donors (Lipinski definition) is 6. The largest absolute Gasteiger partial charge is 0.480 e. The number of nitrogens with two attached hydrogens (primary N) is 1. The smallest absolute Gasteiger partial charge is 0.326 e. The molecule has 288 valence electrons. The van der Waals surface area contributed by atoms with Crippen LogP contribution in [0.3, 0.4) is 0 Å². The predicted octanol–water partition coefficient (Wildman–Crippen LogP) is 3.55. The standard InChI is InChI=1S/C45H47N5O6/c46-36(26-31-16-6-1-7-17-31)41(51)47-37(27-32-18-8-2-9-19-32)42(52)48-38(28-33-20-10-3-11-21-33)43(53)49-39(29-34-22-12-4-13-23-34)44(54)50-40(45(55)56)30-35-24-14-5-15-25-35/h1-25,36-40H,26-30,46H2,(H,47,51)(H,48,52)(H,49,53)(H,50,54)(H,55,56)/t36-,37-,38-,39-,40-/m0/s1. The first-order valence-corrected chi connectivity index (χ1v) is 18.5. The molecule has 0 fully saturated rings. The minimum Gasteiger partial charge on any atom is -0.480 e. The number of carboxylic acid groups (broad SMARTS) is 1. The van der Waals surface area contributed by atoms with Gasteiger partial charge in [0.05, 0.1) is 6.04 Å². The van der Waals surface area contributed by atoms with Gasteiger partial charge in [-0.1, -0.05) is 152 Å². The summed E-state index contributed by atoms with van der Waals surface area (Å²) in [5.74, 6) is -3.74. The van der Waals surface area contributed by atoms with E-state index in [0.717, 1.165) is 22.3 Å². The molecule has 0 unspecified atom stereocenters. The lowest BCUT2D eigenvalue weighted by Gasteiger charge is -2.27. The molecule has 5 aromatic rings. The summed E-state index contributed by atoms with van der Waals surface area (Å²) >= 11 is 0. The summed E-state index contributed by atoms with van der Waals surface area (Å²) in [6, 6.07) is 39.8. The van der Waals surface area contributed by atoms with E-state index in [2.05, 4.69) is 21.3 Å². The number of benzene rings is 5. The zero-order valence-electron chi connectivity index (χ0n) is 30.9. The highest BCUT2D eigenvalue weighted by Gasteiger charge is 2.32. The highest BCUT2D eigenvalue weighted by molar-refractivity contribution is 5.96. The van der Waals surface area contributed by atoms with Gasteiger partial charge in [-0.3, -0.25) is 19.2 Å². The Labute approximate surface area is 326 Å². The average Bonchev–Trinajstić information content (AvgIpc) is 3.21. The van der Waals surface area contributed by atoms with Crippen molar-refractivity contribution >= 4 is 29.6 Å². The Bertz CT molecular complexity index is 2020. The summed E-state index contributed by atoms with van der Waals surface area (Å²) in [5.41, 5.74) is 10.1. The van der Waals surface area contributed by atoms with Crippen LogP contribution in [0.25, 0.3) is 0 Å². The van der Waals surface area contributed by atoms with Crippen molar-refractivity contribution in [1.82, 2.24) is 21.3 Å².